The second-order valence-corrected chi connectivity index (χ2v) is 4.02. The Kier molecular flexibility index (Phi) is 2.16. The molecule has 0 bridgehead atoms. The van der Waals surface area contributed by atoms with E-state index < -0.39 is 11.7 Å². The number of hydrogen-bond donors (Lipinski definition) is 0. The van der Waals surface area contributed by atoms with Gasteiger partial charge in [0.25, 0.3) is 0 Å². The van der Waals surface area contributed by atoms with E-state index in [2.05, 4.69) is 0 Å². The van der Waals surface area contributed by atoms with Gasteiger partial charge in [-0.15, -0.1) is 11.3 Å². The van der Waals surface area contributed by atoms with Gasteiger partial charge in [0.2, 0.25) is 0 Å². The van der Waals surface area contributed by atoms with Crippen LogP contribution in [0.2, 0.25) is 0 Å². The van der Waals surface area contributed by atoms with Crippen LogP contribution in [0.15, 0.2) is 24.3 Å². The van der Waals surface area contributed by atoms with Gasteiger partial charge in [-0.05, 0) is 18.2 Å². The van der Waals surface area contributed by atoms with Crippen molar-refractivity contribution in [3.05, 3.63) is 34.7 Å². The van der Waals surface area contributed by atoms with Crippen molar-refractivity contribution in [2.75, 3.05) is 0 Å². The van der Waals surface area contributed by atoms with Gasteiger partial charge >= 0.3 is 6.18 Å². The van der Waals surface area contributed by atoms with Gasteiger partial charge in [-0.25, -0.2) is 0 Å². The lowest BCUT2D eigenvalue weighted by atomic mass is 10.1. The molecule has 0 saturated heterocycles. The summed E-state index contributed by atoms with van der Waals surface area (Å²) in [5, 5.41) is 8.71. The normalized spacial score (nSPS) is 11.6. The third kappa shape index (κ3) is 1.68. The summed E-state index contributed by atoms with van der Waals surface area (Å²) in [6.07, 6.45) is -4.37. The zero-order valence-electron chi connectivity index (χ0n) is 7.30. The lowest BCUT2D eigenvalue weighted by molar-refractivity contribution is -0.136. The summed E-state index contributed by atoms with van der Waals surface area (Å²) in [6, 6.07) is 7.08. The summed E-state index contributed by atoms with van der Waals surface area (Å²) < 4.78 is 38.1. The number of fused-ring (bicyclic) bond motifs is 1. The van der Waals surface area contributed by atoms with Gasteiger partial charge in [0.15, 0.2) is 0 Å². The van der Waals surface area contributed by atoms with Crippen molar-refractivity contribution >= 4 is 21.4 Å². The summed E-state index contributed by atoms with van der Waals surface area (Å²) in [6.45, 7) is 0. The van der Waals surface area contributed by atoms with Crippen LogP contribution in [0.5, 0.6) is 0 Å². The first-order valence-corrected chi connectivity index (χ1v) is 4.84. The fourth-order valence-corrected chi connectivity index (χ4v) is 2.25. The first-order chi connectivity index (χ1) is 7.02. The number of halogens is 3. The van der Waals surface area contributed by atoms with Crippen LogP contribution < -0.4 is 0 Å². The molecular formula is C10H4F3NS. The first kappa shape index (κ1) is 9.99. The number of hydrogen-bond acceptors (Lipinski definition) is 2. The van der Waals surface area contributed by atoms with Crippen molar-refractivity contribution in [1.82, 2.24) is 0 Å². The van der Waals surface area contributed by atoms with Gasteiger partial charge in [0, 0.05) is 10.1 Å². The van der Waals surface area contributed by atoms with E-state index in [0.717, 1.165) is 17.4 Å². The molecule has 0 atom stereocenters. The highest BCUT2D eigenvalue weighted by Gasteiger charge is 2.32. The topological polar surface area (TPSA) is 23.8 Å². The maximum Gasteiger partial charge on any atom is 0.417 e. The molecule has 1 aromatic heterocycles. The van der Waals surface area contributed by atoms with E-state index in [1.165, 1.54) is 12.1 Å². The van der Waals surface area contributed by atoms with E-state index in [4.69, 9.17) is 5.26 Å². The Hall–Kier alpha value is -1.54. The van der Waals surface area contributed by atoms with Crippen LogP contribution in [-0.4, -0.2) is 0 Å². The molecule has 0 unspecified atom stereocenters. The molecule has 1 nitrogen and oxygen atoms in total. The first-order valence-electron chi connectivity index (χ1n) is 4.02. The third-order valence-electron chi connectivity index (χ3n) is 1.98. The standard InChI is InChI=1S/C10H4F3NS/c11-10(12,13)8-2-1-3-9-7(8)4-6(5-14)15-9/h1-4H. The highest BCUT2D eigenvalue weighted by Crippen LogP contribution is 2.37. The van der Waals surface area contributed by atoms with Crippen LogP contribution in [0.1, 0.15) is 10.4 Å². The number of rotatable bonds is 0. The molecule has 0 aliphatic carbocycles. The molecule has 15 heavy (non-hydrogen) atoms. The third-order valence-corrected chi connectivity index (χ3v) is 2.98. The largest absolute Gasteiger partial charge is 0.417 e. The van der Waals surface area contributed by atoms with Gasteiger partial charge < -0.3 is 0 Å². The SMILES string of the molecule is N#Cc1cc2c(C(F)(F)F)cccc2s1. The number of nitriles is 1. The van der Waals surface area contributed by atoms with E-state index >= 15 is 0 Å². The Morgan fingerprint density at radius 1 is 1.27 bits per heavy atom. The van der Waals surface area contributed by atoms with Gasteiger partial charge in [0.05, 0.1) is 5.56 Å². The minimum atomic E-state index is -4.37. The minimum Gasteiger partial charge on any atom is -0.192 e. The van der Waals surface area contributed by atoms with E-state index in [-0.39, 0.29) is 5.39 Å². The summed E-state index contributed by atoms with van der Waals surface area (Å²) in [5.41, 5.74) is -0.683. The predicted octanol–water partition coefficient (Wildman–Crippen LogP) is 3.79. The van der Waals surface area contributed by atoms with Crippen LogP contribution in [0.25, 0.3) is 10.1 Å². The quantitative estimate of drug-likeness (QED) is 0.671. The number of alkyl halides is 3. The van der Waals surface area contributed by atoms with Crippen molar-refractivity contribution in [3.63, 3.8) is 0 Å². The molecule has 0 radical (unpaired) electrons. The maximum atomic E-state index is 12.6. The molecule has 0 amide bonds. The molecule has 0 saturated carbocycles. The van der Waals surface area contributed by atoms with Crippen molar-refractivity contribution in [3.8, 4) is 6.07 Å². The molecule has 1 heterocycles. The lowest BCUT2D eigenvalue weighted by Gasteiger charge is -2.06. The van der Waals surface area contributed by atoms with E-state index in [1.807, 2.05) is 6.07 Å². The summed E-state index contributed by atoms with van der Waals surface area (Å²) in [5.74, 6) is 0. The van der Waals surface area contributed by atoms with Crippen LogP contribution in [0.4, 0.5) is 13.2 Å². The zero-order chi connectivity index (χ0) is 11.1. The average Bonchev–Trinajstić information content (AvgIpc) is 2.57. The minimum absolute atomic E-state index is 0.103. The summed E-state index contributed by atoms with van der Waals surface area (Å²) in [7, 11) is 0. The van der Waals surface area contributed by atoms with Crippen LogP contribution in [0, 0.1) is 11.3 Å². The van der Waals surface area contributed by atoms with Gasteiger partial charge in [-0.2, -0.15) is 18.4 Å². The molecule has 0 aliphatic rings. The molecule has 76 valence electrons. The number of thiophene rings is 1. The molecule has 5 heteroatoms. The Balaban J connectivity index is 2.77. The summed E-state index contributed by atoms with van der Waals surface area (Å²) in [4.78, 5) is 0.293. The Morgan fingerprint density at radius 3 is 2.60 bits per heavy atom. The van der Waals surface area contributed by atoms with Crippen LogP contribution >= 0.6 is 11.3 Å². The van der Waals surface area contributed by atoms with E-state index in [9.17, 15) is 13.2 Å². The van der Waals surface area contributed by atoms with Gasteiger partial charge in [0.1, 0.15) is 10.9 Å². The molecule has 1 aromatic carbocycles. The molecule has 0 N–H and O–H groups in total. The molecule has 0 spiro atoms. The maximum absolute atomic E-state index is 12.6. The highest BCUT2D eigenvalue weighted by molar-refractivity contribution is 7.19. The Labute approximate surface area is 87.4 Å². The average molecular weight is 227 g/mol. The van der Waals surface area contributed by atoms with Crippen molar-refractivity contribution < 1.29 is 13.2 Å². The fraction of sp³-hybridized carbons (Fsp3) is 0.100. The second-order valence-electron chi connectivity index (χ2n) is 2.94. The lowest BCUT2D eigenvalue weighted by Crippen LogP contribution is -2.04. The number of benzene rings is 1. The van der Waals surface area contributed by atoms with Crippen molar-refractivity contribution in [1.29, 1.82) is 5.26 Å². The molecular weight excluding hydrogens is 223 g/mol. The predicted molar refractivity (Wildman–Crippen MR) is 51.5 cm³/mol. The smallest absolute Gasteiger partial charge is 0.192 e. The fourth-order valence-electron chi connectivity index (χ4n) is 1.36. The number of nitrogens with zero attached hydrogens (tertiary/aromatic N) is 1. The molecule has 2 rings (SSSR count). The van der Waals surface area contributed by atoms with Crippen LogP contribution in [-0.2, 0) is 6.18 Å². The Bertz CT molecular complexity index is 548. The molecule has 2 aromatic rings. The molecule has 0 aliphatic heterocycles. The van der Waals surface area contributed by atoms with Gasteiger partial charge in [-0.3, -0.25) is 0 Å². The van der Waals surface area contributed by atoms with E-state index in [0.29, 0.717) is 9.58 Å². The van der Waals surface area contributed by atoms with Crippen molar-refractivity contribution in [2.24, 2.45) is 0 Å². The second kappa shape index (κ2) is 3.24. The monoisotopic (exact) mass is 227 g/mol. The molecule has 0 fully saturated rings. The zero-order valence-corrected chi connectivity index (χ0v) is 8.12. The Morgan fingerprint density at radius 2 is 2.00 bits per heavy atom. The summed E-state index contributed by atoms with van der Waals surface area (Å²) >= 11 is 1.07. The van der Waals surface area contributed by atoms with Crippen molar-refractivity contribution in [2.45, 2.75) is 6.18 Å². The van der Waals surface area contributed by atoms with Crippen LogP contribution in [0.3, 0.4) is 0 Å². The van der Waals surface area contributed by atoms with E-state index in [1.54, 1.807) is 6.07 Å². The van der Waals surface area contributed by atoms with Gasteiger partial charge in [-0.1, -0.05) is 6.07 Å². The highest BCUT2D eigenvalue weighted by atomic mass is 32.1.